The van der Waals surface area contributed by atoms with Crippen LogP contribution in [0.15, 0.2) is 36.0 Å². The molecule has 0 aliphatic rings. The van der Waals surface area contributed by atoms with Crippen LogP contribution in [-0.2, 0) is 4.79 Å². The molecule has 0 bridgehead atoms. The third-order valence-corrected chi connectivity index (χ3v) is 4.94. The zero-order valence-corrected chi connectivity index (χ0v) is 16.1. The number of thiophene rings is 1. The van der Waals surface area contributed by atoms with Crippen molar-refractivity contribution in [2.24, 2.45) is 0 Å². The summed E-state index contributed by atoms with van der Waals surface area (Å²) in [7, 11) is 3.93. The lowest BCUT2D eigenvalue weighted by Crippen LogP contribution is -2.32. The minimum Gasteiger partial charge on any atom is -0.369 e. The molecular formula is C19H22FN5OS. The van der Waals surface area contributed by atoms with Crippen LogP contribution in [-0.4, -0.2) is 54.5 Å². The van der Waals surface area contributed by atoms with Gasteiger partial charge >= 0.3 is 0 Å². The molecule has 8 heteroatoms. The number of hydrogen-bond acceptors (Lipinski definition) is 6. The fraction of sp³-hybridized carbons (Fsp3) is 0.316. The number of carbonyl (C=O) groups is 1. The topological polar surface area (TPSA) is 70.2 Å². The number of rotatable bonds is 8. The van der Waals surface area contributed by atoms with Gasteiger partial charge in [-0.05, 0) is 31.8 Å². The van der Waals surface area contributed by atoms with Gasteiger partial charge in [0.05, 0.1) is 5.39 Å². The number of amides is 1. The van der Waals surface area contributed by atoms with Crippen molar-refractivity contribution in [3.8, 4) is 11.1 Å². The SMILES string of the molecule is CN(C)CCNC(=O)CCNc1ncnc2scc(-c3ccc(F)cc3)c12. The van der Waals surface area contributed by atoms with Crippen LogP contribution < -0.4 is 10.6 Å². The van der Waals surface area contributed by atoms with Gasteiger partial charge in [-0.2, -0.15) is 0 Å². The number of hydrogen-bond donors (Lipinski definition) is 2. The second-order valence-corrected chi connectivity index (χ2v) is 7.25. The van der Waals surface area contributed by atoms with Crippen LogP contribution in [0.2, 0.25) is 0 Å². The molecule has 1 amide bonds. The number of nitrogens with one attached hydrogen (secondary N) is 2. The van der Waals surface area contributed by atoms with Gasteiger partial charge in [-0.15, -0.1) is 11.3 Å². The zero-order valence-electron chi connectivity index (χ0n) is 15.3. The van der Waals surface area contributed by atoms with E-state index in [1.54, 1.807) is 12.1 Å². The Labute approximate surface area is 161 Å². The monoisotopic (exact) mass is 387 g/mol. The van der Waals surface area contributed by atoms with Crippen LogP contribution >= 0.6 is 11.3 Å². The molecular weight excluding hydrogens is 365 g/mol. The zero-order chi connectivity index (χ0) is 19.2. The first-order chi connectivity index (χ1) is 13.0. The highest BCUT2D eigenvalue weighted by Crippen LogP contribution is 2.36. The summed E-state index contributed by atoms with van der Waals surface area (Å²) in [4.78, 5) is 23.4. The van der Waals surface area contributed by atoms with E-state index in [1.807, 2.05) is 24.4 Å². The number of halogens is 1. The third-order valence-electron chi connectivity index (χ3n) is 4.05. The predicted molar refractivity (Wildman–Crippen MR) is 107 cm³/mol. The van der Waals surface area contributed by atoms with Crippen molar-refractivity contribution < 1.29 is 9.18 Å². The van der Waals surface area contributed by atoms with Gasteiger partial charge in [0.25, 0.3) is 0 Å². The van der Waals surface area contributed by atoms with Gasteiger partial charge in [0, 0.05) is 37.0 Å². The largest absolute Gasteiger partial charge is 0.369 e. The molecule has 0 spiro atoms. The Hall–Kier alpha value is -2.58. The molecule has 27 heavy (non-hydrogen) atoms. The van der Waals surface area contributed by atoms with Crippen molar-refractivity contribution in [1.82, 2.24) is 20.2 Å². The van der Waals surface area contributed by atoms with Crippen molar-refractivity contribution in [1.29, 1.82) is 0 Å². The number of anilines is 1. The predicted octanol–water partition coefficient (Wildman–Crippen LogP) is 2.98. The molecule has 0 saturated carbocycles. The molecule has 0 aliphatic heterocycles. The molecule has 3 rings (SSSR count). The Kier molecular flexibility index (Phi) is 6.31. The normalized spacial score (nSPS) is 11.1. The number of fused-ring (bicyclic) bond motifs is 1. The van der Waals surface area contributed by atoms with Crippen LogP contribution in [0.1, 0.15) is 6.42 Å². The highest BCUT2D eigenvalue weighted by atomic mass is 32.1. The molecule has 0 atom stereocenters. The van der Waals surface area contributed by atoms with E-state index in [0.717, 1.165) is 27.9 Å². The first-order valence-corrected chi connectivity index (χ1v) is 9.56. The van der Waals surface area contributed by atoms with Gasteiger partial charge in [0.1, 0.15) is 22.8 Å². The van der Waals surface area contributed by atoms with Crippen LogP contribution in [0, 0.1) is 5.82 Å². The second-order valence-electron chi connectivity index (χ2n) is 6.39. The van der Waals surface area contributed by atoms with E-state index >= 15 is 0 Å². The molecule has 6 nitrogen and oxygen atoms in total. The highest BCUT2D eigenvalue weighted by molar-refractivity contribution is 7.17. The summed E-state index contributed by atoms with van der Waals surface area (Å²) in [5.41, 5.74) is 1.86. The van der Waals surface area contributed by atoms with Crippen LogP contribution in [0.5, 0.6) is 0 Å². The van der Waals surface area contributed by atoms with E-state index in [-0.39, 0.29) is 11.7 Å². The van der Waals surface area contributed by atoms with E-state index in [1.165, 1.54) is 29.8 Å². The molecule has 0 aliphatic carbocycles. The maximum Gasteiger partial charge on any atom is 0.221 e. The average Bonchev–Trinajstić information content (AvgIpc) is 3.07. The first kappa shape index (κ1) is 19.2. The average molecular weight is 387 g/mol. The Morgan fingerprint density at radius 1 is 1.19 bits per heavy atom. The molecule has 142 valence electrons. The summed E-state index contributed by atoms with van der Waals surface area (Å²) in [6.45, 7) is 1.91. The fourth-order valence-electron chi connectivity index (χ4n) is 2.65. The van der Waals surface area contributed by atoms with E-state index in [4.69, 9.17) is 0 Å². The van der Waals surface area contributed by atoms with Gasteiger partial charge in [0.2, 0.25) is 5.91 Å². The van der Waals surface area contributed by atoms with Crippen molar-refractivity contribution in [2.75, 3.05) is 39.0 Å². The van der Waals surface area contributed by atoms with Crippen LogP contribution in [0.4, 0.5) is 10.2 Å². The van der Waals surface area contributed by atoms with Crippen molar-refractivity contribution >= 4 is 33.3 Å². The summed E-state index contributed by atoms with van der Waals surface area (Å²) in [5, 5.41) is 9.01. The summed E-state index contributed by atoms with van der Waals surface area (Å²) >= 11 is 1.51. The standard InChI is InChI=1S/C19H22FN5OS/c1-25(2)10-9-21-16(26)7-8-22-18-17-15(11-27-19(17)24-12-23-18)13-3-5-14(20)6-4-13/h3-6,11-12H,7-10H2,1-2H3,(H,21,26)(H,22,23,24). The molecule has 2 aromatic heterocycles. The van der Waals surface area contributed by atoms with Crippen molar-refractivity contribution in [2.45, 2.75) is 6.42 Å². The Bertz CT molecular complexity index is 910. The molecule has 3 aromatic rings. The molecule has 0 radical (unpaired) electrons. The summed E-state index contributed by atoms with van der Waals surface area (Å²) in [6.07, 6.45) is 1.86. The molecule has 0 unspecified atom stereocenters. The van der Waals surface area contributed by atoms with Gasteiger partial charge in [-0.1, -0.05) is 12.1 Å². The van der Waals surface area contributed by atoms with Gasteiger partial charge < -0.3 is 15.5 Å². The van der Waals surface area contributed by atoms with E-state index in [2.05, 4.69) is 20.6 Å². The molecule has 1 aromatic carbocycles. The minimum atomic E-state index is -0.270. The van der Waals surface area contributed by atoms with Crippen LogP contribution in [0.3, 0.4) is 0 Å². The molecule has 0 saturated heterocycles. The quantitative estimate of drug-likeness (QED) is 0.622. The van der Waals surface area contributed by atoms with Crippen molar-refractivity contribution in [3.63, 3.8) is 0 Å². The number of likely N-dealkylation sites (N-methyl/N-ethyl adjacent to an activating group) is 1. The number of carbonyl (C=O) groups excluding carboxylic acids is 1. The van der Waals surface area contributed by atoms with E-state index in [0.29, 0.717) is 25.3 Å². The Morgan fingerprint density at radius 3 is 2.70 bits per heavy atom. The maximum absolute atomic E-state index is 13.2. The smallest absolute Gasteiger partial charge is 0.221 e. The fourth-order valence-corrected chi connectivity index (χ4v) is 3.57. The Morgan fingerprint density at radius 2 is 1.96 bits per heavy atom. The van der Waals surface area contributed by atoms with Crippen LogP contribution in [0.25, 0.3) is 21.3 Å². The summed E-state index contributed by atoms with van der Waals surface area (Å²) < 4.78 is 13.2. The number of nitrogens with zero attached hydrogens (tertiary/aromatic N) is 3. The lowest BCUT2D eigenvalue weighted by molar-refractivity contribution is -0.120. The molecule has 2 heterocycles. The van der Waals surface area contributed by atoms with E-state index < -0.39 is 0 Å². The number of benzene rings is 1. The molecule has 2 N–H and O–H groups in total. The van der Waals surface area contributed by atoms with Crippen molar-refractivity contribution in [3.05, 3.63) is 41.8 Å². The highest BCUT2D eigenvalue weighted by Gasteiger charge is 2.13. The van der Waals surface area contributed by atoms with Gasteiger partial charge in [0.15, 0.2) is 0 Å². The lowest BCUT2D eigenvalue weighted by atomic mass is 10.1. The van der Waals surface area contributed by atoms with Gasteiger partial charge in [-0.3, -0.25) is 4.79 Å². The summed E-state index contributed by atoms with van der Waals surface area (Å²) in [5.74, 6) is 0.411. The third kappa shape index (κ3) is 4.99. The van der Waals surface area contributed by atoms with E-state index in [9.17, 15) is 9.18 Å². The summed E-state index contributed by atoms with van der Waals surface area (Å²) in [6, 6.07) is 6.36. The minimum absolute atomic E-state index is 0.00118. The second kappa shape index (κ2) is 8.88. The first-order valence-electron chi connectivity index (χ1n) is 8.68. The molecule has 0 fully saturated rings. The number of aromatic nitrogens is 2. The van der Waals surface area contributed by atoms with Gasteiger partial charge in [-0.25, -0.2) is 14.4 Å². The lowest BCUT2D eigenvalue weighted by Gasteiger charge is -2.11. The maximum atomic E-state index is 13.2. The Balaban J connectivity index is 1.69.